The second-order valence-corrected chi connectivity index (χ2v) is 3.29. The molecule has 0 aromatic rings. The van der Waals surface area contributed by atoms with Gasteiger partial charge in [0.1, 0.15) is 0 Å². The van der Waals surface area contributed by atoms with Crippen LogP contribution in [0.2, 0.25) is 0 Å². The standard InChI is InChI=1S/C4H5NO5S.Na/c6-3-1-2-4(7)5(3)11(8,9)10;/h1-2H2,(H,8,9,10);/q;+1. The molecule has 0 radical (unpaired) electrons. The van der Waals surface area contributed by atoms with E-state index in [-0.39, 0.29) is 46.7 Å². The number of rotatable bonds is 1. The van der Waals surface area contributed by atoms with Gasteiger partial charge in [0.2, 0.25) is 11.8 Å². The summed E-state index contributed by atoms with van der Waals surface area (Å²) in [5.41, 5.74) is 0. The average molecular weight is 202 g/mol. The van der Waals surface area contributed by atoms with Gasteiger partial charge in [0.25, 0.3) is 0 Å². The van der Waals surface area contributed by atoms with E-state index in [2.05, 4.69) is 0 Å². The van der Waals surface area contributed by atoms with E-state index in [9.17, 15) is 18.0 Å². The minimum atomic E-state index is -4.67. The predicted octanol–water partition coefficient (Wildman–Crippen LogP) is -4.06. The van der Waals surface area contributed by atoms with Gasteiger partial charge in [0.15, 0.2) is 0 Å². The van der Waals surface area contributed by atoms with Gasteiger partial charge in [-0.25, -0.2) is 0 Å². The summed E-state index contributed by atoms with van der Waals surface area (Å²) in [4.78, 5) is 21.2. The largest absolute Gasteiger partial charge is 1.00 e. The molecule has 1 rings (SSSR count). The summed E-state index contributed by atoms with van der Waals surface area (Å²) >= 11 is 0. The molecule has 12 heavy (non-hydrogen) atoms. The number of carbonyl (C=O) groups is 2. The summed E-state index contributed by atoms with van der Waals surface area (Å²) in [6.45, 7) is 0. The molecule has 8 heteroatoms. The average Bonchev–Trinajstić information content (AvgIpc) is 2.08. The molecule has 0 aliphatic carbocycles. The van der Waals surface area contributed by atoms with Crippen molar-refractivity contribution in [3.8, 4) is 0 Å². The number of hydrogen-bond acceptors (Lipinski definition) is 4. The van der Waals surface area contributed by atoms with E-state index in [1.807, 2.05) is 0 Å². The first-order valence-corrected chi connectivity index (χ1v) is 4.16. The van der Waals surface area contributed by atoms with E-state index in [1.54, 1.807) is 0 Å². The molecule has 0 aromatic heterocycles. The number of amides is 2. The van der Waals surface area contributed by atoms with Crippen molar-refractivity contribution in [1.29, 1.82) is 0 Å². The van der Waals surface area contributed by atoms with Crippen LogP contribution in [-0.2, 0) is 19.9 Å². The second kappa shape index (κ2) is 3.84. The predicted molar refractivity (Wildman–Crippen MR) is 32.6 cm³/mol. The number of carbonyl (C=O) groups excluding carboxylic acids is 2. The van der Waals surface area contributed by atoms with Gasteiger partial charge in [-0.1, -0.05) is 0 Å². The SMILES string of the molecule is O=C1CCC(=O)N1S(=O)(=O)O.[Na+]. The van der Waals surface area contributed by atoms with Crippen LogP contribution >= 0.6 is 0 Å². The van der Waals surface area contributed by atoms with Crippen molar-refractivity contribution in [3.05, 3.63) is 0 Å². The van der Waals surface area contributed by atoms with Crippen molar-refractivity contribution >= 4 is 22.1 Å². The van der Waals surface area contributed by atoms with Gasteiger partial charge in [0.05, 0.1) is 0 Å². The second-order valence-electron chi connectivity index (χ2n) is 2.03. The maximum absolute atomic E-state index is 10.6. The number of nitrogens with zero attached hydrogens (tertiary/aromatic N) is 1. The third-order valence-corrected chi connectivity index (χ3v) is 2.11. The Morgan fingerprint density at radius 3 is 1.67 bits per heavy atom. The Labute approximate surface area is 91.1 Å². The molecule has 2 amide bonds. The molecule has 62 valence electrons. The summed E-state index contributed by atoms with van der Waals surface area (Å²) in [5, 5.41) is 0. The molecule has 1 heterocycles. The molecule has 0 aromatic carbocycles. The Hall–Kier alpha value is 0.0500. The van der Waals surface area contributed by atoms with E-state index in [1.165, 1.54) is 0 Å². The molecular formula is C4H5NNaO5S+. The Morgan fingerprint density at radius 1 is 1.17 bits per heavy atom. The summed E-state index contributed by atoms with van der Waals surface area (Å²) in [7, 11) is -4.67. The van der Waals surface area contributed by atoms with E-state index >= 15 is 0 Å². The fourth-order valence-electron chi connectivity index (χ4n) is 0.813. The van der Waals surface area contributed by atoms with Crippen molar-refractivity contribution in [2.45, 2.75) is 12.8 Å². The fourth-order valence-corrected chi connectivity index (χ4v) is 1.51. The summed E-state index contributed by atoms with van der Waals surface area (Å²) in [6.07, 6.45) is -0.308. The third-order valence-electron chi connectivity index (χ3n) is 1.24. The number of hydrogen-bond donors (Lipinski definition) is 1. The van der Waals surface area contributed by atoms with Gasteiger partial charge in [-0.05, 0) is 0 Å². The van der Waals surface area contributed by atoms with E-state index in [0.717, 1.165) is 0 Å². The van der Waals surface area contributed by atoms with Crippen molar-refractivity contribution in [2.24, 2.45) is 0 Å². The Bertz CT molecular complexity index is 293. The van der Waals surface area contributed by atoms with Crippen LogP contribution in [0.1, 0.15) is 12.8 Å². The Kier molecular flexibility index (Phi) is 3.86. The Balaban J connectivity index is 0.00000121. The molecule has 6 nitrogen and oxygen atoms in total. The number of imide groups is 1. The first-order valence-electron chi connectivity index (χ1n) is 2.76. The van der Waals surface area contributed by atoms with Crippen LogP contribution in [0.15, 0.2) is 0 Å². The van der Waals surface area contributed by atoms with Crippen molar-refractivity contribution < 1.29 is 52.1 Å². The van der Waals surface area contributed by atoms with Crippen LogP contribution in [-0.4, -0.2) is 29.1 Å². The van der Waals surface area contributed by atoms with Gasteiger partial charge < -0.3 is 0 Å². The molecule has 0 spiro atoms. The molecular weight excluding hydrogens is 197 g/mol. The molecule has 1 fully saturated rings. The molecule has 1 aliphatic rings. The van der Waals surface area contributed by atoms with Crippen molar-refractivity contribution in [2.75, 3.05) is 0 Å². The maximum atomic E-state index is 10.6. The molecule has 0 atom stereocenters. The van der Waals surface area contributed by atoms with Crippen LogP contribution in [0.5, 0.6) is 0 Å². The van der Waals surface area contributed by atoms with Gasteiger partial charge in [0, 0.05) is 12.8 Å². The molecule has 1 N–H and O–H groups in total. The van der Waals surface area contributed by atoms with Gasteiger partial charge in [-0.3, -0.25) is 14.1 Å². The minimum Gasteiger partial charge on any atom is -0.273 e. The van der Waals surface area contributed by atoms with Crippen LogP contribution in [0.3, 0.4) is 0 Å². The van der Waals surface area contributed by atoms with Crippen LogP contribution in [0.25, 0.3) is 0 Å². The Morgan fingerprint density at radius 2 is 1.50 bits per heavy atom. The quantitative estimate of drug-likeness (QED) is 0.265. The van der Waals surface area contributed by atoms with Gasteiger partial charge in [-0.2, -0.15) is 12.7 Å². The zero-order valence-electron chi connectivity index (χ0n) is 6.35. The molecule has 1 saturated heterocycles. The van der Waals surface area contributed by atoms with Gasteiger partial charge in [-0.15, -0.1) is 0 Å². The van der Waals surface area contributed by atoms with Crippen LogP contribution < -0.4 is 29.6 Å². The monoisotopic (exact) mass is 202 g/mol. The van der Waals surface area contributed by atoms with E-state index < -0.39 is 22.1 Å². The van der Waals surface area contributed by atoms with Gasteiger partial charge >= 0.3 is 39.9 Å². The maximum Gasteiger partial charge on any atom is 1.00 e. The topological polar surface area (TPSA) is 91.8 Å². The van der Waals surface area contributed by atoms with Crippen molar-refractivity contribution in [3.63, 3.8) is 0 Å². The van der Waals surface area contributed by atoms with E-state index in [0.29, 0.717) is 0 Å². The van der Waals surface area contributed by atoms with Crippen LogP contribution in [0, 0.1) is 0 Å². The first kappa shape index (κ1) is 12.0. The van der Waals surface area contributed by atoms with E-state index in [4.69, 9.17) is 4.55 Å². The van der Waals surface area contributed by atoms with Crippen molar-refractivity contribution in [1.82, 2.24) is 4.31 Å². The third kappa shape index (κ3) is 2.27. The molecule has 1 aliphatic heterocycles. The first-order chi connectivity index (χ1) is 4.93. The molecule has 0 bridgehead atoms. The zero-order chi connectivity index (χ0) is 8.65. The summed E-state index contributed by atoms with van der Waals surface area (Å²) in [6, 6.07) is 0. The molecule has 0 saturated carbocycles. The van der Waals surface area contributed by atoms with Crippen LogP contribution in [0.4, 0.5) is 0 Å². The smallest absolute Gasteiger partial charge is 0.273 e. The summed E-state index contributed by atoms with van der Waals surface area (Å²) in [5.74, 6) is -1.75. The zero-order valence-corrected chi connectivity index (χ0v) is 9.17. The fraction of sp³-hybridized carbons (Fsp3) is 0.500. The molecule has 0 unspecified atom stereocenters. The minimum absolute atomic E-state index is 0. The summed E-state index contributed by atoms with van der Waals surface area (Å²) < 4.78 is 28.8. The normalized spacial score (nSPS) is 17.9.